The van der Waals surface area contributed by atoms with Gasteiger partial charge in [-0.25, -0.2) is 0 Å². The molecule has 30 heavy (non-hydrogen) atoms. The summed E-state index contributed by atoms with van der Waals surface area (Å²) in [6.07, 6.45) is 17.0. The molecule has 0 spiro atoms. The molecule has 1 amide bonds. The number of carbonyl (C=O) groups is 1. The molecule has 6 nitrogen and oxygen atoms in total. The van der Waals surface area contributed by atoms with E-state index in [1.807, 2.05) is 18.4 Å². The molecule has 1 atom stereocenters. The number of fused-ring (bicyclic) bond motifs is 1. The molecule has 0 radical (unpaired) electrons. The Labute approximate surface area is 179 Å². The van der Waals surface area contributed by atoms with Crippen molar-refractivity contribution in [2.75, 3.05) is 19.6 Å². The van der Waals surface area contributed by atoms with Gasteiger partial charge >= 0.3 is 0 Å². The Morgan fingerprint density at radius 1 is 1.10 bits per heavy atom. The van der Waals surface area contributed by atoms with Crippen LogP contribution in [0.2, 0.25) is 0 Å². The predicted octanol–water partition coefficient (Wildman–Crippen LogP) is 2.05. The molecule has 0 aromatic carbocycles. The van der Waals surface area contributed by atoms with Crippen LogP contribution in [0.15, 0.2) is 35.8 Å². The summed E-state index contributed by atoms with van der Waals surface area (Å²) in [5.41, 5.74) is 2.27. The van der Waals surface area contributed by atoms with E-state index in [0.29, 0.717) is 0 Å². The number of allylic oxidation sites excluding steroid dienone is 3. The predicted molar refractivity (Wildman–Crippen MR) is 115 cm³/mol. The number of rotatable bonds is 4. The fourth-order valence-electron chi connectivity index (χ4n) is 7.46. The SMILES string of the molecule is O=C(NC12CC3CC(CC(C3)C1)C2)C1NC(CN2CCC(O)CC2)=C2C=CC=CN21. The maximum atomic E-state index is 13.5. The van der Waals surface area contributed by atoms with Crippen molar-refractivity contribution >= 4 is 5.91 Å². The average molecular weight is 411 g/mol. The zero-order valence-corrected chi connectivity index (χ0v) is 17.7. The Hall–Kier alpha value is -1.79. The fraction of sp³-hybridized carbons (Fsp3) is 0.708. The third-order valence-corrected chi connectivity index (χ3v) is 8.40. The molecular weight excluding hydrogens is 376 g/mol. The first-order chi connectivity index (χ1) is 14.6. The van der Waals surface area contributed by atoms with Crippen LogP contribution in [0.25, 0.3) is 0 Å². The number of nitrogens with one attached hydrogen (secondary N) is 2. The highest BCUT2D eigenvalue weighted by Gasteiger charge is 2.52. The minimum absolute atomic E-state index is 0.0365. The third kappa shape index (κ3) is 3.28. The van der Waals surface area contributed by atoms with Crippen molar-refractivity contribution in [2.24, 2.45) is 17.8 Å². The van der Waals surface area contributed by atoms with Crippen LogP contribution in [-0.2, 0) is 4.79 Å². The van der Waals surface area contributed by atoms with E-state index in [1.54, 1.807) is 0 Å². The normalized spacial score (nSPS) is 40.1. The molecule has 4 saturated carbocycles. The fourth-order valence-corrected chi connectivity index (χ4v) is 7.46. The smallest absolute Gasteiger partial charge is 0.264 e. The summed E-state index contributed by atoms with van der Waals surface area (Å²) in [6, 6.07) is 0. The van der Waals surface area contributed by atoms with E-state index in [1.165, 1.54) is 38.5 Å². The van der Waals surface area contributed by atoms with Crippen LogP contribution in [0.5, 0.6) is 0 Å². The Bertz CT molecular complexity index is 773. The standard InChI is InChI=1S/C24H34N4O2/c29-19-4-7-27(8-5-19)15-20-21-3-1-2-6-28(21)22(25-20)23(30)26-24-12-16-9-17(13-24)11-18(10-16)14-24/h1-3,6,16-19,22,25,29H,4-5,7-15H2,(H,26,30). The van der Waals surface area contributed by atoms with Gasteiger partial charge in [-0.15, -0.1) is 0 Å². The summed E-state index contributed by atoms with van der Waals surface area (Å²) in [6.45, 7) is 2.62. The molecule has 0 aromatic heterocycles. The maximum Gasteiger partial charge on any atom is 0.264 e. The van der Waals surface area contributed by atoms with Crippen LogP contribution in [0.1, 0.15) is 51.4 Å². The first-order valence-electron chi connectivity index (χ1n) is 11.9. The summed E-state index contributed by atoms with van der Waals surface area (Å²) < 4.78 is 0. The van der Waals surface area contributed by atoms with E-state index in [4.69, 9.17) is 0 Å². The van der Waals surface area contributed by atoms with Crippen molar-refractivity contribution in [3.05, 3.63) is 35.8 Å². The van der Waals surface area contributed by atoms with Crippen molar-refractivity contribution < 1.29 is 9.90 Å². The first kappa shape index (κ1) is 18.9. The molecular formula is C24H34N4O2. The highest BCUT2D eigenvalue weighted by molar-refractivity contribution is 5.84. The number of aliphatic hydroxyl groups is 1. The van der Waals surface area contributed by atoms with Gasteiger partial charge < -0.3 is 20.6 Å². The molecule has 4 bridgehead atoms. The monoisotopic (exact) mass is 410 g/mol. The topological polar surface area (TPSA) is 67.8 Å². The molecule has 4 aliphatic carbocycles. The van der Waals surface area contributed by atoms with Gasteiger partial charge in [0.05, 0.1) is 17.5 Å². The number of hydrogen-bond acceptors (Lipinski definition) is 5. The molecule has 3 aliphatic heterocycles. The van der Waals surface area contributed by atoms with E-state index in [2.05, 4.69) is 26.5 Å². The van der Waals surface area contributed by atoms with Gasteiger partial charge in [-0.2, -0.15) is 0 Å². The molecule has 5 fully saturated rings. The summed E-state index contributed by atoms with van der Waals surface area (Å²) in [5, 5.41) is 16.9. The number of carbonyl (C=O) groups excluding carboxylic acids is 1. The van der Waals surface area contributed by atoms with Gasteiger partial charge in [0.15, 0.2) is 6.17 Å². The number of aliphatic hydroxyl groups excluding tert-OH is 1. The summed E-state index contributed by atoms with van der Waals surface area (Å²) >= 11 is 0. The van der Waals surface area contributed by atoms with Gasteiger partial charge in [0.1, 0.15) is 0 Å². The Morgan fingerprint density at radius 3 is 2.43 bits per heavy atom. The molecule has 6 heteroatoms. The minimum Gasteiger partial charge on any atom is -0.393 e. The molecule has 162 valence electrons. The van der Waals surface area contributed by atoms with Crippen molar-refractivity contribution in [2.45, 2.75) is 69.2 Å². The van der Waals surface area contributed by atoms with Gasteiger partial charge in [-0.3, -0.25) is 9.69 Å². The van der Waals surface area contributed by atoms with Crippen LogP contribution in [0.3, 0.4) is 0 Å². The van der Waals surface area contributed by atoms with Gasteiger partial charge in [0.2, 0.25) is 0 Å². The highest BCUT2D eigenvalue weighted by Crippen LogP contribution is 2.55. The van der Waals surface area contributed by atoms with E-state index in [-0.39, 0.29) is 23.7 Å². The Morgan fingerprint density at radius 2 is 1.77 bits per heavy atom. The van der Waals surface area contributed by atoms with Crippen molar-refractivity contribution in [3.63, 3.8) is 0 Å². The lowest BCUT2D eigenvalue weighted by atomic mass is 9.53. The second-order valence-corrected chi connectivity index (χ2v) is 10.7. The van der Waals surface area contributed by atoms with E-state index in [9.17, 15) is 9.90 Å². The number of amides is 1. The number of nitrogens with zero attached hydrogens (tertiary/aromatic N) is 2. The van der Waals surface area contributed by atoms with E-state index >= 15 is 0 Å². The van der Waals surface area contributed by atoms with Crippen LogP contribution in [-0.4, -0.2) is 58.3 Å². The summed E-state index contributed by atoms with van der Waals surface area (Å²) in [5.74, 6) is 2.59. The first-order valence-corrected chi connectivity index (χ1v) is 11.9. The van der Waals surface area contributed by atoms with Gasteiger partial charge in [-0.1, -0.05) is 6.08 Å². The minimum atomic E-state index is -0.361. The summed E-state index contributed by atoms with van der Waals surface area (Å²) in [7, 11) is 0. The molecule has 1 saturated heterocycles. The van der Waals surface area contributed by atoms with Crippen molar-refractivity contribution in [1.82, 2.24) is 20.4 Å². The van der Waals surface area contributed by atoms with Crippen LogP contribution in [0.4, 0.5) is 0 Å². The zero-order valence-electron chi connectivity index (χ0n) is 17.7. The molecule has 3 N–H and O–H groups in total. The van der Waals surface area contributed by atoms with E-state index in [0.717, 1.165) is 61.6 Å². The summed E-state index contributed by atoms with van der Waals surface area (Å²) in [4.78, 5) is 18.0. The van der Waals surface area contributed by atoms with Gasteiger partial charge in [0.25, 0.3) is 5.91 Å². The van der Waals surface area contributed by atoms with Crippen LogP contribution >= 0.6 is 0 Å². The quantitative estimate of drug-likeness (QED) is 0.662. The maximum absolute atomic E-state index is 13.5. The second-order valence-electron chi connectivity index (χ2n) is 10.7. The van der Waals surface area contributed by atoms with Crippen molar-refractivity contribution in [1.29, 1.82) is 0 Å². The molecule has 7 aliphatic rings. The van der Waals surface area contributed by atoms with Gasteiger partial charge in [-0.05, 0) is 81.3 Å². The molecule has 0 aromatic rings. The molecule has 3 heterocycles. The van der Waals surface area contributed by atoms with Crippen LogP contribution in [0, 0.1) is 17.8 Å². The lowest BCUT2D eigenvalue weighted by molar-refractivity contribution is -0.131. The lowest BCUT2D eigenvalue weighted by Gasteiger charge is -2.57. The third-order valence-electron chi connectivity index (χ3n) is 8.40. The lowest BCUT2D eigenvalue weighted by Crippen LogP contribution is -2.63. The van der Waals surface area contributed by atoms with E-state index < -0.39 is 0 Å². The highest BCUT2D eigenvalue weighted by atomic mass is 16.3. The number of likely N-dealkylation sites (tertiary alicyclic amines) is 1. The van der Waals surface area contributed by atoms with Crippen LogP contribution < -0.4 is 10.6 Å². The number of piperidine rings is 1. The largest absolute Gasteiger partial charge is 0.393 e. The zero-order chi connectivity index (χ0) is 20.3. The number of hydrogen-bond donors (Lipinski definition) is 3. The Kier molecular flexibility index (Phi) is 4.50. The Balaban J connectivity index is 1.16. The molecule has 7 rings (SSSR count). The molecule has 1 unspecified atom stereocenters. The van der Waals surface area contributed by atoms with Crippen molar-refractivity contribution in [3.8, 4) is 0 Å². The second kappa shape index (κ2) is 7.13. The van der Waals surface area contributed by atoms with Gasteiger partial charge in [0, 0.05) is 31.4 Å². The average Bonchev–Trinajstić information content (AvgIpc) is 3.07.